The Bertz CT molecular complexity index is 1150. The van der Waals surface area contributed by atoms with Gasteiger partial charge in [-0.3, -0.25) is 9.36 Å². The van der Waals surface area contributed by atoms with E-state index < -0.39 is 0 Å². The van der Waals surface area contributed by atoms with E-state index >= 15 is 0 Å². The Morgan fingerprint density at radius 3 is 2.53 bits per heavy atom. The molecule has 3 aromatic rings. The van der Waals surface area contributed by atoms with E-state index in [-0.39, 0.29) is 17.6 Å². The SMILES string of the molecule is CCCCNC(=O)N(CC)C(CC)c1nc2ccccc2c(=O)n1-c1ccc(C)cc1C. The molecule has 1 aromatic heterocycles. The van der Waals surface area contributed by atoms with Crippen molar-refractivity contribution in [2.24, 2.45) is 0 Å². The summed E-state index contributed by atoms with van der Waals surface area (Å²) in [4.78, 5) is 33.5. The molecule has 0 aliphatic rings. The third-order valence-electron chi connectivity index (χ3n) is 5.86. The van der Waals surface area contributed by atoms with E-state index in [9.17, 15) is 9.59 Å². The first-order chi connectivity index (χ1) is 15.4. The van der Waals surface area contributed by atoms with E-state index in [2.05, 4.69) is 18.3 Å². The number of rotatable bonds is 8. The number of carbonyl (C=O) groups is 1. The molecule has 6 heteroatoms. The number of aryl methyl sites for hydroxylation is 2. The quantitative estimate of drug-likeness (QED) is 0.490. The first kappa shape index (κ1) is 23.5. The van der Waals surface area contributed by atoms with E-state index in [0.29, 0.717) is 36.2 Å². The van der Waals surface area contributed by atoms with Crippen molar-refractivity contribution in [2.75, 3.05) is 13.1 Å². The van der Waals surface area contributed by atoms with Crippen LogP contribution in [0.1, 0.15) is 63.0 Å². The predicted octanol–water partition coefficient (Wildman–Crippen LogP) is 5.29. The normalized spacial score (nSPS) is 12.0. The number of aromatic nitrogens is 2. The Morgan fingerprint density at radius 2 is 1.88 bits per heavy atom. The molecule has 1 heterocycles. The van der Waals surface area contributed by atoms with Crippen LogP contribution in [0.15, 0.2) is 47.3 Å². The van der Waals surface area contributed by atoms with Gasteiger partial charge in [-0.15, -0.1) is 0 Å². The number of nitrogens with zero attached hydrogens (tertiary/aromatic N) is 3. The lowest BCUT2D eigenvalue weighted by Gasteiger charge is -2.31. The van der Waals surface area contributed by atoms with Gasteiger partial charge < -0.3 is 10.2 Å². The number of para-hydroxylation sites is 1. The summed E-state index contributed by atoms with van der Waals surface area (Å²) >= 11 is 0. The van der Waals surface area contributed by atoms with Crippen molar-refractivity contribution in [1.29, 1.82) is 0 Å². The van der Waals surface area contributed by atoms with Crippen molar-refractivity contribution >= 4 is 16.9 Å². The maximum atomic E-state index is 13.7. The molecule has 0 saturated carbocycles. The third-order valence-corrected chi connectivity index (χ3v) is 5.86. The van der Waals surface area contributed by atoms with E-state index in [1.807, 2.05) is 64.1 Å². The molecule has 0 aliphatic heterocycles. The summed E-state index contributed by atoms with van der Waals surface area (Å²) in [6, 6.07) is 13.0. The van der Waals surface area contributed by atoms with Gasteiger partial charge in [-0.05, 0) is 57.4 Å². The van der Waals surface area contributed by atoms with Crippen LogP contribution in [0.4, 0.5) is 4.79 Å². The van der Waals surface area contributed by atoms with Crippen molar-refractivity contribution < 1.29 is 4.79 Å². The Kier molecular flexibility index (Phi) is 7.67. The minimum Gasteiger partial charge on any atom is -0.338 e. The molecule has 0 saturated heterocycles. The van der Waals surface area contributed by atoms with E-state index in [1.54, 1.807) is 9.47 Å². The van der Waals surface area contributed by atoms with Crippen LogP contribution >= 0.6 is 0 Å². The van der Waals surface area contributed by atoms with Gasteiger partial charge in [-0.25, -0.2) is 9.78 Å². The number of nitrogens with one attached hydrogen (secondary N) is 1. The first-order valence-corrected chi connectivity index (χ1v) is 11.6. The molecule has 1 atom stereocenters. The van der Waals surface area contributed by atoms with Crippen LogP contribution in [0.3, 0.4) is 0 Å². The Labute approximate surface area is 190 Å². The zero-order valence-electron chi connectivity index (χ0n) is 19.8. The lowest BCUT2D eigenvalue weighted by atomic mass is 10.1. The first-order valence-electron chi connectivity index (χ1n) is 11.6. The Hall–Kier alpha value is -3.15. The summed E-state index contributed by atoms with van der Waals surface area (Å²) in [6.07, 6.45) is 2.59. The van der Waals surface area contributed by atoms with E-state index in [4.69, 9.17) is 4.98 Å². The van der Waals surface area contributed by atoms with Gasteiger partial charge >= 0.3 is 6.03 Å². The molecule has 0 bridgehead atoms. The molecule has 1 unspecified atom stereocenters. The van der Waals surface area contributed by atoms with Crippen LogP contribution in [-0.2, 0) is 0 Å². The number of amides is 2. The summed E-state index contributed by atoms with van der Waals surface area (Å²) in [5.74, 6) is 0.593. The minimum atomic E-state index is -0.334. The summed E-state index contributed by atoms with van der Waals surface area (Å²) in [5.41, 5.74) is 3.46. The zero-order chi connectivity index (χ0) is 23.3. The van der Waals surface area contributed by atoms with Crippen LogP contribution < -0.4 is 10.9 Å². The van der Waals surface area contributed by atoms with Crippen molar-refractivity contribution in [3.05, 3.63) is 69.8 Å². The number of unbranched alkanes of at least 4 members (excludes halogenated alkanes) is 1. The number of hydrogen-bond acceptors (Lipinski definition) is 3. The van der Waals surface area contributed by atoms with Gasteiger partial charge in [-0.2, -0.15) is 0 Å². The van der Waals surface area contributed by atoms with E-state index in [0.717, 1.165) is 29.7 Å². The average Bonchev–Trinajstić information content (AvgIpc) is 2.78. The number of fused-ring (bicyclic) bond motifs is 1. The van der Waals surface area contributed by atoms with E-state index in [1.165, 1.54) is 0 Å². The second kappa shape index (κ2) is 10.4. The topological polar surface area (TPSA) is 67.2 Å². The van der Waals surface area contributed by atoms with Crippen molar-refractivity contribution in [1.82, 2.24) is 19.8 Å². The van der Waals surface area contributed by atoms with Crippen molar-refractivity contribution in [3.8, 4) is 5.69 Å². The smallest absolute Gasteiger partial charge is 0.318 e. The molecule has 2 aromatic carbocycles. The molecule has 6 nitrogen and oxygen atoms in total. The predicted molar refractivity (Wildman–Crippen MR) is 131 cm³/mol. The minimum absolute atomic E-state index is 0.113. The lowest BCUT2D eigenvalue weighted by Crippen LogP contribution is -2.44. The molecular formula is C26H34N4O2. The average molecular weight is 435 g/mol. The second-order valence-electron chi connectivity index (χ2n) is 8.21. The van der Waals surface area contributed by atoms with Gasteiger partial charge in [0.25, 0.3) is 5.56 Å². The molecule has 0 fully saturated rings. The molecular weight excluding hydrogens is 400 g/mol. The third kappa shape index (κ3) is 4.69. The molecule has 3 rings (SSSR count). The highest BCUT2D eigenvalue weighted by atomic mass is 16.2. The van der Waals surface area contributed by atoms with Crippen molar-refractivity contribution in [3.63, 3.8) is 0 Å². The van der Waals surface area contributed by atoms with Gasteiger partial charge in [0.2, 0.25) is 0 Å². The highest BCUT2D eigenvalue weighted by Gasteiger charge is 2.28. The van der Waals surface area contributed by atoms with Gasteiger partial charge in [0.15, 0.2) is 0 Å². The monoisotopic (exact) mass is 434 g/mol. The highest BCUT2D eigenvalue weighted by Crippen LogP contribution is 2.27. The van der Waals surface area contributed by atoms with Gasteiger partial charge in [-0.1, -0.05) is 50.1 Å². The number of benzene rings is 2. The lowest BCUT2D eigenvalue weighted by molar-refractivity contribution is 0.172. The molecule has 0 spiro atoms. The summed E-state index contributed by atoms with van der Waals surface area (Å²) in [6.45, 7) is 11.3. The fourth-order valence-corrected chi connectivity index (χ4v) is 4.18. The summed E-state index contributed by atoms with van der Waals surface area (Å²) in [7, 11) is 0. The largest absolute Gasteiger partial charge is 0.338 e. The molecule has 170 valence electrons. The number of urea groups is 1. The molecule has 1 N–H and O–H groups in total. The molecule has 0 aliphatic carbocycles. The summed E-state index contributed by atoms with van der Waals surface area (Å²) < 4.78 is 1.70. The Balaban J connectivity index is 2.22. The molecule has 2 amide bonds. The fraction of sp³-hybridized carbons (Fsp3) is 0.423. The van der Waals surface area contributed by atoms with Crippen LogP contribution in [0.25, 0.3) is 16.6 Å². The summed E-state index contributed by atoms with van der Waals surface area (Å²) in [5, 5.41) is 3.59. The molecule has 0 radical (unpaired) electrons. The van der Waals surface area contributed by atoms with Gasteiger partial charge in [0, 0.05) is 13.1 Å². The van der Waals surface area contributed by atoms with Crippen LogP contribution in [0.2, 0.25) is 0 Å². The molecule has 32 heavy (non-hydrogen) atoms. The van der Waals surface area contributed by atoms with Gasteiger partial charge in [0.05, 0.1) is 22.6 Å². The number of carbonyl (C=O) groups excluding carboxylic acids is 1. The fourth-order valence-electron chi connectivity index (χ4n) is 4.18. The van der Waals surface area contributed by atoms with Gasteiger partial charge in [0.1, 0.15) is 5.82 Å². The highest BCUT2D eigenvalue weighted by molar-refractivity contribution is 5.78. The van der Waals surface area contributed by atoms with Crippen LogP contribution in [-0.4, -0.2) is 33.6 Å². The standard InChI is InChI=1S/C26H34N4O2/c1-6-9-16-27-26(32)29(8-3)22(7-2)24-28-21-13-11-10-12-20(21)25(31)30(24)23-15-14-18(4)17-19(23)5/h10-15,17,22H,6-9,16H2,1-5H3,(H,27,32). The Morgan fingerprint density at radius 1 is 1.12 bits per heavy atom. The van der Waals surface area contributed by atoms with Crippen molar-refractivity contribution in [2.45, 2.75) is 59.9 Å². The second-order valence-corrected chi connectivity index (χ2v) is 8.21. The van der Waals surface area contributed by atoms with Crippen LogP contribution in [0.5, 0.6) is 0 Å². The zero-order valence-corrected chi connectivity index (χ0v) is 19.8. The van der Waals surface area contributed by atoms with Crippen LogP contribution in [0, 0.1) is 13.8 Å². The number of hydrogen-bond donors (Lipinski definition) is 1. The maximum Gasteiger partial charge on any atom is 0.318 e. The maximum absolute atomic E-state index is 13.7.